The topological polar surface area (TPSA) is 12.0 Å². The standard InChI is InChI=1S/C17H28ClNS/c1-5-20-12-6-7-15(13-19-17(2,3)4)14-8-10-16(18)11-9-14/h8-11,15,19H,5-7,12-13H2,1-4H3. The van der Waals surface area contributed by atoms with Gasteiger partial charge >= 0.3 is 0 Å². The number of benzene rings is 1. The van der Waals surface area contributed by atoms with E-state index >= 15 is 0 Å². The van der Waals surface area contributed by atoms with E-state index in [0.717, 1.165) is 11.6 Å². The van der Waals surface area contributed by atoms with E-state index in [1.54, 1.807) is 0 Å². The van der Waals surface area contributed by atoms with Gasteiger partial charge in [-0.1, -0.05) is 30.7 Å². The van der Waals surface area contributed by atoms with Crippen LogP contribution in [-0.4, -0.2) is 23.6 Å². The van der Waals surface area contributed by atoms with Crippen molar-refractivity contribution < 1.29 is 0 Å². The molecule has 1 rings (SSSR count). The average Bonchev–Trinajstić information content (AvgIpc) is 2.38. The van der Waals surface area contributed by atoms with E-state index < -0.39 is 0 Å². The Hall–Kier alpha value is -0.180. The molecule has 1 unspecified atom stereocenters. The van der Waals surface area contributed by atoms with Crippen molar-refractivity contribution in [1.29, 1.82) is 0 Å². The first kappa shape index (κ1) is 17.9. The SMILES string of the molecule is CCSCCCC(CNC(C)(C)C)c1ccc(Cl)cc1. The molecule has 0 aliphatic rings. The van der Waals surface area contributed by atoms with E-state index in [2.05, 4.69) is 45.1 Å². The van der Waals surface area contributed by atoms with Crippen molar-refractivity contribution in [3.63, 3.8) is 0 Å². The van der Waals surface area contributed by atoms with Crippen LogP contribution in [0, 0.1) is 0 Å². The van der Waals surface area contributed by atoms with Gasteiger partial charge in [0.25, 0.3) is 0 Å². The molecular weight excluding hydrogens is 286 g/mol. The lowest BCUT2D eigenvalue weighted by Gasteiger charge is -2.26. The maximum atomic E-state index is 5.99. The maximum Gasteiger partial charge on any atom is 0.0406 e. The van der Waals surface area contributed by atoms with Crippen LogP contribution in [0.2, 0.25) is 5.02 Å². The third kappa shape index (κ3) is 7.56. The number of thioether (sulfide) groups is 1. The predicted octanol–water partition coefficient (Wildman–Crippen LogP) is 5.35. The van der Waals surface area contributed by atoms with Crippen molar-refractivity contribution in [3.8, 4) is 0 Å². The van der Waals surface area contributed by atoms with Crippen LogP contribution in [-0.2, 0) is 0 Å². The number of rotatable bonds is 8. The first-order valence-corrected chi connectivity index (χ1v) is 9.04. The summed E-state index contributed by atoms with van der Waals surface area (Å²) in [5, 5.41) is 4.45. The lowest BCUT2D eigenvalue weighted by atomic mass is 9.93. The van der Waals surface area contributed by atoms with Gasteiger partial charge in [0.05, 0.1) is 0 Å². The summed E-state index contributed by atoms with van der Waals surface area (Å²) in [6, 6.07) is 8.35. The normalized spacial score (nSPS) is 13.4. The molecule has 1 atom stereocenters. The second-order valence-electron chi connectivity index (χ2n) is 6.22. The minimum absolute atomic E-state index is 0.169. The van der Waals surface area contributed by atoms with Crippen LogP contribution in [0.25, 0.3) is 0 Å². The quantitative estimate of drug-likeness (QED) is 0.650. The Morgan fingerprint density at radius 2 is 1.85 bits per heavy atom. The Bertz CT molecular complexity index is 370. The van der Waals surface area contributed by atoms with Crippen molar-refractivity contribution in [2.45, 2.75) is 52.0 Å². The Kier molecular flexibility index (Phi) is 8.01. The molecule has 0 fully saturated rings. The number of hydrogen-bond acceptors (Lipinski definition) is 2. The summed E-state index contributed by atoms with van der Waals surface area (Å²) in [4.78, 5) is 0. The van der Waals surface area contributed by atoms with Crippen molar-refractivity contribution in [1.82, 2.24) is 5.32 Å². The molecule has 3 heteroatoms. The first-order valence-electron chi connectivity index (χ1n) is 7.50. The zero-order valence-electron chi connectivity index (χ0n) is 13.2. The summed E-state index contributed by atoms with van der Waals surface area (Å²) >= 11 is 8.02. The summed E-state index contributed by atoms with van der Waals surface area (Å²) in [5.41, 5.74) is 1.57. The maximum absolute atomic E-state index is 5.99. The molecule has 0 aromatic heterocycles. The van der Waals surface area contributed by atoms with Gasteiger partial charge in [0.1, 0.15) is 0 Å². The number of halogens is 1. The summed E-state index contributed by atoms with van der Waals surface area (Å²) in [5.74, 6) is 3.05. The third-order valence-corrected chi connectivity index (χ3v) is 4.50. The Labute approximate surface area is 133 Å². The third-order valence-electron chi connectivity index (χ3n) is 3.27. The summed E-state index contributed by atoms with van der Waals surface area (Å²) in [7, 11) is 0. The summed E-state index contributed by atoms with van der Waals surface area (Å²) < 4.78 is 0. The van der Waals surface area contributed by atoms with Crippen LogP contribution in [0.15, 0.2) is 24.3 Å². The van der Waals surface area contributed by atoms with Gasteiger partial charge in [0, 0.05) is 17.1 Å². The minimum Gasteiger partial charge on any atom is -0.311 e. The second-order valence-corrected chi connectivity index (χ2v) is 8.05. The fourth-order valence-corrected chi connectivity index (χ4v) is 2.91. The van der Waals surface area contributed by atoms with Gasteiger partial charge in [-0.3, -0.25) is 0 Å². The molecule has 1 aromatic rings. The second kappa shape index (κ2) is 8.96. The largest absolute Gasteiger partial charge is 0.311 e. The van der Waals surface area contributed by atoms with Crippen LogP contribution in [0.4, 0.5) is 0 Å². The van der Waals surface area contributed by atoms with E-state index in [1.165, 1.54) is 29.9 Å². The highest BCUT2D eigenvalue weighted by Gasteiger charge is 2.15. The van der Waals surface area contributed by atoms with Crippen LogP contribution in [0.5, 0.6) is 0 Å². The molecule has 0 radical (unpaired) electrons. The molecule has 0 saturated carbocycles. The van der Waals surface area contributed by atoms with Gasteiger partial charge in [-0.15, -0.1) is 0 Å². The first-order chi connectivity index (χ1) is 9.42. The summed E-state index contributed by atoms with van der Waals surface area (Å²) in [6.45, 7) is 9.92. The minimum atomic E-state index is 0.169. The van der Waals surface area contributed by atoms with E-state index in [-0.39, 0.29) is 5.54 Å². The molecule has 114 valence electrons. The molecule has 0 spiro atoms. The molecule has 1 nitrogen and oxygen atoms in total. The van der Waals surface area contributed by atoms with E-state index in [1.807, 2.05) is 23.9 Å². The fraction of sp³-hybridized carbons (Fsp3) is 0.647. The van der Waals surface area contributed by atoms with Gasteiger partial charge in [0.15, 0.2) is 0 Å². The lowest BCUT2D eigenvalue weighted by molar-refractivity contribution is 0.398. The molecule has 20 heavy (non-hydrogen) atoms. The summed E-state index contributed by atoms with van der Waals surface area (Å²) in [6.07, 6.45) is 2.51. The molecular formula is C17H28ClNS. The smallest absolute Gasteiger partial charge is 0.0406 e. The van der Waals surface area contributed by atoms with Gasteiger partial charge in [0.2, 0.25) is 0 Å². The van der Waals surface area contributed by atoms with E-state index in [4.69, 9.17) is 11.6 Å². The Morgan fingerprint density at radius 3 is 2.40 bits per heavy atom. The predicted molar refractivity (Wildman–Crippen MR) is 94.2 cm³/mol. The number of hydrogen-bond donors (Lipinski definition) is 1. The van der Waals surface area contributed by atoms with Gasteiger partial charge < -0.3 is 5.32 Å². The van der Waals surface area contributed by atoms with Crippen molar-refractivity contribution in [3.05, 3.63) is 34.9 Å². The molecule has 0 aliphatic carbocycles. The Balaban J connectivity index is 2.60. The van der Waals surface area contributed by atoms with Crippen molar-refractivity contribution in [2.24, 2.45) is 0 Å². The van der Waals surface area contributed by atoms with Crippen LogP contribution in [0.3, 0.4) is 0 Å². The lowest BCUT2D eigenvalue weighted by Crippen LogP contribution is -2.38. The molecule has 0 heterocycles. The van der Waals surface area contributed by atoms with E-state index in [0.29, 0.717) is 5.92 Å². The van der Waals surface area contributed by atoms with E-state index in [9.17, 15) is 0 Å². The zero-order chi connectivity index (χ0) is 15.0. The zero-order valence-corrected chi connectivity index (χ0v) is 14.8. The Morgan fingerprint density at radius 1 is 1.20 bits per heavy atom. The van der Waals surface area contributed by atoms with Gasteiger partial charge in [-0.25, -0.2) is 0 Å². The van der Waals surface area contributed by atoms with Crippen molar-refractivity contribution in [2.75, 3.05) is 18.1 Å². The molecule has 0 saturated heterocycles. The van der Waals surface area contributed by atoms with Crippen LogP contribution in [0.1, 0.15) is 52.0 Å². The fourth-order valence-electron chi connectivity index (χ4n) is 2.13. The highest BCUT2D eigenvalue weighted by Crippen LogP contribution is 2.24. The molecule has 0 bridgehead atoms. The van der Waals surface area contributed by atoms with Gasteiger partial charge in [-0.2, -0.15) is 11.8 Å². The molecule has 1 N–H and O–H groups in total. The highest BCUT2D eigenvalue weighted by molar-refractivity contribution is 7.99. The van der Waals surface area contributed by atoms with Crippen molar-refractivity contribution >= 4 is 23.4 Å². The monoisotopic (exact) mass is 313 g/mol. The molecule has 1 aromatic carbocycles. The highest BCUT2D eigenvalue weighted by atomic mass is 35.5. The molecule has 0 aliphatic heterocycles. The molecule has 0 amide bonds. The van der Waals surface area contributed by atoms with Crippen LogP contribution >= 0.6 is 23.4 Å². The van der Waals surface area contributed by atoms with Crippen LogP contribution < -0.4 is 5.32 Å². The number of nitrogens with one attached hydrogen (secondary N) is 1. The van der Waals surface area contributed by atoms with Gasteiger partial charge in [-0.05, 0) is 68.7 Å². The average molecular weight is 314 g/mol.